The van der Waals surface area contributed by atoms with Crippen LogP contribution < -0.4 is 15.2 Å². The van der Waals surface area contributed by atoms with E-state index in [1.807, 2.05) is 30.3 Å². The molecule has 0 saturated carbocycles. The van der Waals surface area contributed by atoms with E-state index in [1.54, 1.807) is 13.0 Å². The number of benzene rings is 2. The maximum atomic E-state index is 11.9. The Balaban J connectivity index is 1.94. The van der Waals surface area contributed by atoms with Crippen molar-refractivity contribution in [2.24, 2.45) is 5.14 Å². The number of amides is 1. The number of alkyl carbamates (subject to hydrolysis) is 1. The molecule has 0 heterocycles. The lowest BCUT2D eigenvalue weighted by molar-refractivity contribution is 0.136. The van der Waals surface area contributed by atoms with E-state index in [1.165, 1.54) is 19.2 Å². The summed E-state index contributed by atoms with van der Waals surface area (Å²) in [4.78, 5) is 11.8. The van der Waals surface area contributed by atoms with E-state index in [0.717, 1.165) is 5.56 Å². The molecular formula is C18H22N2O5S. The second-order valence-corrected chi connectivity index (χ2v) is 7.37. The third kappa shape index (κ3) is 5.75. The number of hydrogen-bond acceptors (Lipinski definition) is 5. The summed E-state index contributed by atoms with van der Waals surface area (Å²) in [7, 11) is -2.53. The fraction of sp³-hybridized carbons (Fsp3) is 0.278. The highest BCUT2D eigenvalue weighted by atomic mass is 32.2. The molecule has 0 saturated heterocycles. The van der Waals surface area contributed by atoms with Crippen molar-refractivity contribution >= 4 is 16.1 Å². The molecule has 2 rings (SSSR count). The van der Waals surface area contributed by atoms with Crippen LogP contribution in [0.25, 0.3) is 0 Å². The number of ether oxygens (including phenoxy) is 2. The van der Waals surface area contributed by atoms with Gasteiger partial charge in [0.25, 0.3) is 0 Å². The first kappa shape index (κ1) is 19.7. The van der Waals surface area contributed by atoms with Crippen LogP contribution in [0.2, 0.25) is 0 Å². The topological polar surface area (TPSA) is 108 Å². The Kier molecular flexibility index (Phi) is 6.59. The standard InChI is InChI=1S/C18H22N2O5S/c1-13(20-18(21)25-12-14-6-4-3-5-7-14)10-15-8-9-16(24-2)17(11-15)26(19,22)23/h3-9,11,13H,10,12H2,1-2H3,(H,20,21)(H2,19,22,23)/t13-/m1/s1. The summed E-state index contributed by atoms with van der Waals surface area (Å²) >= 11 is 0. The van der Waals surface area contributed by atoms with E-state index in [2.05, 4.69) is 5.32 Å². The molecule has 0 fully saturated rings. The number of carbonyl (C=O) groups is 1. The molecule has 0 aliphatic carbocycles. The molecule has 0 aromatic heterocycles. The van der Waals surface area contributed by atoms with Gasteiger partial charge in [-0.25, -0.2) is 18.4 Å². The quantitative estimate of drug-likeness (QED) is 0.768. The molecule has 7 nitrogen and oxygen atoms in total. The number of rotatable bonds is 7. The molecule has 8 heteroatoms. The van der Waals surface area contributed by atoms with Crippen molar-refractivity contribution in [3.63, 3.8) is 0 Å². The number of methoxy groups -OCH3 is 1. The lowest BCUT2D eigenvalue weighted by atomic mass is 10.1. The maximum Gasteiger partial charge on any atom is 0.407 e. The monoisotopic (exact) mass is 378 g/mol. The van der Waals surface area contributed by atoms with Crippen molar-refractivity contribution in [1.29, 1.82) is 0 Å². The van der Waals surface area contributed by atoms with Gasteiger partial charge in [0.15, 0.2) is 0 Å². The van der Waals surface area contributed by atoms with Crippen molar-refractivity contribution in [3.05, 3.63) is 59.7 Å². The lowest BCUT2D eigenvalue weighted by Crippen LogP contribution is -2.34. The number of hydrogen-bond donors (Lipinski definition) is 2. The average molecular weight is 378 g/mol. The van der Waals surface area contributed by atoms with Crippen LogP contribution in [0.15, 0.2) is 53.4 Å². The summed E-state index contributed by atoms with van der Waals surface area (Å²) in [6, 6.07) is 13.8. The molecule has 1 amide bonds. The smallest absolute Gasteiger partial charge is 0.407 e. The van der Waals surface area contributed by atoms with Crippen LogP contribution in [0.4, 0.5) is 4.79 Å². The largest absolute Gasteiger partial charge is 0.495 e. The van der Waals surface area contributed by atoms with Gasteiger partial charge in [-0.1, -0.05) is 36.4 Å². The van der Waals surface area contributed by atoms with Gasteiger partial charge < -0.3 is 14.8 Å². The highest BCUT2D eigenvalue weighted by Crippen LogP contribution is 2.24. The van der Waals surface area contributed by atoms with Gasteiger partial charge in [0.1, 0.15) is 17.3 Å². The van der Waals surface area contributed by atoms with E-state index < -0.39 is 16.1 Å². The molecule has 0 radical (unpaired) electrons. The van der Waals surface area contributed by atoms with E-state index in [-0.39, 0.29) is 23.3 Å². The zero-order chi connectivity index (χ0) is 19.2. The summed E-state index contributed by atoms with van der Waals surface area (Å²) in [6.45, 7) is 1.97. The molecule has 26 heavy (non-hydrogen) atoms. The van der Waals surface area contributed by atoms with Crippen molar-refractivity contribution in [1.82, 2.24) is 5.32 Å². The average Bonchev–Trinajstić information content (AvgIpc) is 2.60. The third-order valence-corrected chi connectivity index (χ3v) is 4.59. The van der Waals surface area contributed by atoms with E-state index in [4.69, 9.17) is 14.6 Å². The maximum absolute atomic E-state index is 11.9. The van der Waals surface area contributed by atoms with Crippen molar-refractivity contribution in [3.8, 4) is 5.75 Å². The summed E-state index contributed by atoms with van der Waals surface area (Å²) in [5, 5.41) is 7.92. The number of nitrogens with two attached hydrogens (primary N) is 1. The second kappa shape index (κ2) is 8.68. The highest BCUT2D eigenvalue weighted by molar-refractivity contribution is 7.89. The predicted molar refractivity (Wildman–Crippen MR) is 97.3 cm³/mol. The molecule has 2 aromatic carbocycles. The van der Waals surface area contributed by atoms with Crippen LogP contribution in [0.1, 0.15) is 18.1 Å². The molecule has 2 aromatic rings. The van der Waals surface area contributed by atoms with Crippen molar-refractivity contribution in [2.75, 3.05) is 7.11 Å². The van der Waals surface area contributed by atoms with Crippen LogP contribution in [0.3, 0.4) is 0 Å². The van der Waals surface area contributed by atoms with Crippen LogP contribution in [0, 0.1) is 0 Å². The number of sulfonamides is 1. The molecule has 140 valence electrons. The number of carbonyl (C=O) groups excluding carboxylic acids is 1. The summed E-state index contributed by atoms with van der Waals surface area (Å²) in [5.41, 5.74) is 1.59. The van der Waals surface area contributed by atoms with Crippen molar-refractivity contribution < 1.29 is 22.7 Å². The molecule has 0 aliphatic rings. The SMILES string of the molecule is COc1ccc(C[C@@H](C)NC(=O)OCc2ccccc2)cc1S(N)(=O)=O. The minimum atomic E-state index is -3.90. The Morgan fingerprint density at radius 2 is 1.85 bits per heavy atom. The second-order valence-electron chi connectivity index (χ2n) is 5.84. The lowest BCUT2D eigenvalue weighted by Gasteiger charge is -2.15. The minimum absolute atomic E-state index is 0.0867. The van der Waals surface area contributed by atoms with Crippen LogP contribution >= 0.6 is 0 Å². The molecule has 0 spiro atoms. The van der Waals surface area contributed by atoms with Gasteiger partial charge in [0.2, 0.25) is 10.0 Å². The summed E-state index contributed by atoms with van der Waals surface area (Å²) in [6.07, 6.45) is -0.131. The van der Waals surface area contributed by atoms with E-state index in [0.29, 0.717) is 12.0 Å². The molecule has 3 N–H and O–H groups in total. The van der Waals surface area contributed by atoms with Crippen molar-refractivity contribution in [2.45, 2.75) is 30.9 Å². The van der Waals surface area contributed by atoms with Crippen LogP contribution in [0.5, 0.6) is 5.75 Å². The first-order valence-corrected chi connectivity index (χ1v) is 9.51. The summed E-state index contributed by atoms with van der Waals surface area (Å²) < 4.78 is 33.5. The Hall–Kier alpha value is -2.58. The molecule has 0 unspecified atom stereocenters. The fourth-order valence-electron chi connectivity index (χ4n) is 2.44. The zero-order valence-corrected chi connectivity index (χ0v) is 15.5. The third-order valence-electron chi connectivity index (χ3n) is 3.65. The van der Waals surface area contributed by atoms with Gasteiger partial charge in [-0.05, 0) is 36.6 Å². The number of nitrogens with one attached hydrogen (secondary N) is 1. The van der Waals surface area contributed by atoms with Gasteiger partial charge in [0.05, 0.1) is 7.11 Å². The fourth-order valence-corrected chi connectivity index (χ4v) is 3.19. The highest BCUT2D eigenvalue weighted by Gasteiger charge is 2.17. The summed E-state index contributed by atoms with van der Waals surface area (Å²) in [5.74, 6) is 0.180. The van der Waals surface area contributed by atoms with E-state index >= 15 is 0 Å². The Labute approximate surface area is 153 Å². The molecule has 0 bridgehead atoms. The number of primary sulfonamides is 1. The molecule has 1 atom stereocenters. The van der Waals surface area contributed by atoms with Crippen LogP contribution in [-0.4, -0.2) is 27.7 Å². The van der Waals surface area contributed by atoms with Gasteiger partial charge in [-0.15, -0.1) is 0 Å². The van der Waals surface area contributed by atoms with Gasteiger partial charge in [-0.2, -0.15) is 0 Å². The zero-order valence-electron chi connectivity index (χ0n) is 14.6. The van der Waals surface area contributed by atoms with Gasteiger partial charge in [-0.3, -0.25) is 0 Å². The Bertz CT molecular complexity index is 853. The first-order chi connectivity index (χ1) is 12.3. The predicted octanol–water partition coefficient (Wildman–Crippen LogP) is 2.20. The minimum Gasteiger partial charge on any atom is -0.495 e. The van der Waals surface area contributed by atoms with Gasteiger partial charge in [0, 0.05) is 6.04 Å². The molecular weight excluding hydrogens is 356 g/mol. The Morgan fingerprint density at radius 3 is 2.46 bits per heavy atom. The van der Waals surface area contributed by atoms with Gasteiger partial charge >= 0.3 is 6.09 Å². The Morgan fingerprint density at radius 1 is 1.15 bits per heavy atom. The normalized spacial score (nSPS) is 12.3. The van der Waals surface area contributed by atoms with E-state index in [9.17, 15) is 13.2 Å². The van der Waals surface area contributed by atoms with Crippen LogP contribution in [-0.2, 0) is 27.8 Å². The molecule has 0 aliphatic heterocycles. The first-order valence-electron chi connectivity index (χ1n) is 7.96.